The maximum atomic E-state index is 12.3. The molecule has 0 unspecified atom stereocenters. The Morgan fingerprint density at radius 2 is 2.00 bits per heavy atom. The number of ketones is 1. The van der Waals surface area contributed by atoms with E-state index >= 15 is 0 Å². The fraction of sp³-hybridized carbons (Fsp3) is 0.0625. The van der Waals surface area contributed by atoms with Crippen LogP contribution in [0, 0.1) is 0 Å². The SMILES string of the molecule is COc1ccc(O)c(/C=C2\Sc3ccccc3C2=O)c1. The molecule has 0 amide bonds. The Bertz CT molecular complexity index is 719. The zero-order valence-electron chi connectivity index (χ0n) is 10.8. The highest BCUT2D eigenvalue weighted by Gasteiger charge is 2.25. The van der Waals surface area contributed by atoms with Crippen molar-refractivity contribution >= 4 is 23.6 Å². The lowest BCUT2D eigenvalue weighted by Gasteiger charge is -2.04. The van der Waals surface area contributed by atoms with Crippen molar-refractivity contribution in [3.63, 3.8) is 0 Å². The number of aromatic hydroxyl groups is 1. The van der Waals surface area contributed by atoms with E-state index in [1.165, 1.54) is 11.8 Å². The molecule has 2 aromatic rings. The Hall–Kier alpha value is -2.20. The minimum atomic E-state index is -0.00665. The van der Waals surface area contributed by atoms with Gasteiger partial charge in [0.15, 0.2) is 0 Å². The Morgan fingerprint density at radius 3 is 2.75 bits per heavy atom. The van der Waals surface area contributed by atoms with Crippen molar-refractivity contribution in [2.45, 2.75) is 4.90 Å². The van der Waals surface area contributed by atoms with Gasteiger partial charge in [0.25, 0.3) is 0 Å². The highest BCUT2D eigenvalue weighted by Crippen LogP contribution is 2.41. The van der Waals surface area contributed by atoms with Crippen molar-refractivity contribution in [1.29, 1.82) is 0 Å². The first-order valence-corrected chi connectivity index (χ1v) is 6.91. The van der Waals surface area contributed by atoms with E-state index in [0.717, 1.165) is 4.90 Å². The first-order valence-electron chi connectivity index (χ1n) is 6.09. The van der Waals surface area contributed by atoms with E-state index in [0.29, 0.717) is 21.8 Å². The minimum Gasteiger partial charge on any atom is -0.507 e. The third-order valence-electron chi connectivity index (χ3n) is 3.10. The molecule has 1 heterocycles. The van der Waals surface area contributed by atoms with Crippen LogP contribution in [0.25, 0.3) is 6.08 Å². The summed E-state index contributed by atoms with van der Waals surface area (Å²) < 4.78 is 5.13. The largest absolute Gasteiger partial charge is 0.507 e. The molecule has 3 rings (SSSR count). The standard InChI is InChI=1S/C16H12O3S/c1-19-11-6-7-13(17)10(8-11)9-15-16(18)12-4-2-3-5-14(12)20-15/h2-9,17H,1H3/b15-9-. The van der Waals surface area contributed by atoms with Crippen LogP contribution in [-0.4, -0.2) is 18.0 Å². The molecule has 2 aromatic carbocycles. The molecule has 0 saturated heterocycles. The number of methoxy groups -OCH3 is 1. The van der Waals surface area contributed by atoms with Gasteiger partial charge in [-0.15, -0.1) is 0 Å². The summed E-state index contributed by atoms with van der Waals surface area (Å²) >= 11 is 1.42. The second-order valence-electron chi connectivity index (χ2n) is 4.36. The van der Waals surface area contributed by atoms with Crippen LogP contribution in [0.5, 0.6) is 11.5 Å². The zero-order valence-corrected chi connectivity index (χ0v) is 11.6. The first kappa shape index (κ1) is 12.8. The number of benzene rings is 2. The Kier molecular flexibility index (Phi) is 3.24. The number of carbonyl (C=O) groups is 1. The topological polar surface area (TPSA) is 46.5 Å². The molecule has 0 fully saturated rings. The van der Waals surface area contributed by atoms with E-state index < -0.39 is 0 Å². The van der Waals surface area contributed by atoms with Crippen LogP contribution < -0.4 is 4.74 Å². The number of rotatable bonds is 2. The number of phenolic OH excluding ortho intramolecular Hbond substituents is 1. The van der Waals surface area contributed by atoms with Gasteiger partial charge in [0, 0.05) is 16.0 Å². The van der Waals surface area contributed by atoms with Crippen molar-refractivity contribution in [3.05, 3.63) is 58.5 Å². The summed E-state index contributed by atoms with van der Waals surface area (Å²) in [6.07, 6.45) is 1.70. The van der Waals surface area contributed by atoms with Crippen molar-refractivity contribution < 1.29 is 14.6 Å². The van der Waals surface area contributed by atoms with Crippen LogP contribution in [-0.2, 0) is 0 Å². The molecule has 0 spiro atoms. The van der Waals surface area contributed by atoms with E-state index in [1.807, 2.05) is 24.3 Å². The third kappa shape index (κ3) is 2.18. The second-order valence-corrected chi connectivity index (χ2v) is 5.44. The van der Waals surface area contributed by atoms with E-state index in [4.69, 9.17) is 4.74 Å². The molecule has 100 valence electrons. The van der Waals surface area contributed by atoms with Gasteiger partial charge in [0.2, 0.25) is 5.78 Å². The summed E-state index contributed by atoms with van der Waals surface area (Å²) in [5, 5.41) is 9.87. The maximum absolute atomic E-state index is 12.3. The molecule has 1 aliphatic heterocycles. The number of allylic oxidation sites excluding steroid dienone is 1. The lowest BCUT2D eigenvalue weighted by Crippen LogP contribution is -1.93. The average molecular weight is 284 g/mol. The summed E-state index contributed by atoms with van der Waals surface area (Å²) in [4.78, 5) is 13.8. The molecule has 0 bridgehead atoms. The lowest BCUT2D eigenvalue weighted by atomic mass is 10.1. The summed E-state index contributed by atoms with van der Waals surface area (Å²) in [6.45, 7) is 0. The predicted octanol–water partition coefficient (Wildman–Crippen LogP) is 3.73. The number of thioether (sulfide) groups is 1. The fourth-order valence-corrected chi connectivity index (χ4v) is 3.09. The predicted molar refractivity (Wildman–Crippen MR) is 79.3 cm³/mol. The summed E-state index contributed by atoms with van der Waals surface area (Å²) in [5.74, 6) is 0.762. The fourth-order valence-electron chi connectivity index (χ4n) is 2.05. The van der Waals surface area contributed by atoms with Gasteiger partial charge in [0.1, 0.15) is 11.5 Å². The van der Waals surface area contributed by atoms with Gasteiger partial charge in [-0.1, -0.05) is 23.9 Å². The third-order valence-corrected chi connectivity index (χ3v) is 4.20. The molecule has 0 saturated carbocycles. The van der Waals surface area contributed by atoms with Gasteiger partial charge in [-0.3, -0.25) is 4.79 Å². The number of phenols is 1. The van der Waals surface area contributed by atoms with Gasteiger partial charge in [0.05, 0.1) is 12.0 Å². The number of hydrogen-bond acceptors (Lipinski definition) is 4. The summed E-state index contributed by atoms with van der Waals surface area (Å²) in [6, 6.07) is 12.4. The molecule has 0 aliphatic carbocycles. The normalized spacial score (nSPS) is 15.4. The van der Waals surface area contributed by atoms with E-state index in [1.54, 1.807) is 31.4 Å². The van der Waals surface area contributed by atoms with Gasteiger partial charge in [-0.2, -0.15) is 0 Å². The van der Waals surface area contributed by atoms with Crippen LogP contribution in [0.1, 0.15) is 15.9 Å². The molecule has 1 aliphatic rings. The average Bonchev–Trinajstić information content (AvgIpc) is 2.78. The number of ether oxygens (including phenoxy) is 1. The van der Waals surface area contributed by atoms with E-state index in [-0.39, 0.29) is 11.5 Å². The van der Waals surface area contributed by atoms with Crippen LogP contribution >= 0.6 is 11.8 Å². The monoisotopic (exact) mass is 284 g/mol. The minimum absolute atomic E-state index is 0.00665. The van der Waals surface area contributed by atoms with Gasteiger partial charge >= 0.3 is 0 Å². The highest BCUT2D eigenvalue weighted by molar-refractivity contribution is 8.04. The number of hydrogen-bond donors (Lipinski definition) is 1. The van der Waals surface area contributed by atoms with Crippen molar-refractivity contribution in [2.75, 3.05) is 7.11 Å². The molecular weight excluding hydrogens is 272 g/mol. The van der Waals surface area contributed by atoms with Crippen LogP contribution in [0.15, 0.2) is 52.3 Å². The Morgan fingerprint density at radius 1 is 1.20 bits per heavy atom. The quantitative estimate of drug-likeness (QED) is 0.854. The Balaban J connectivity index is 2.01. The number of fused-ring (bicyclic) bond motifs is 1. The van der Waals surface area contributed by atoms with Gasteiger partial charge in [-0.25, -0.2) is 0 Å². The molecule has 20 heavy (non-hydrogen) atoms. The van der Waals surface area contributed by atoms with Crippen molar-refractivity contribution in [2.24, 2.45) is 0 Å². The van der Waals surface area contributed by atoms with Crippen LogP contribution in [0.3, 0.4) is 0 Å². The second kappa shape index (κ2) is 5.06. The van der Waals surface area contributed by atoms with Gasteiger partial charge in [-0.05, 0) is 36.4 Å². The Labute approximate surface area is 120 Å². The molecular formula is C16H12O3S. The summed E-state index contributed by atoms with van der Waals surface area (Å²) in [5.41, 5.74) is 1.29. The smallest absolute Gasteiger partial charge is 0.200 e. The molecule has 0 aromatic heterocycles. The maximum Gasteiger partial charge on any atom is 0.200 e. The van der Waals surface area contributed by atoms with Crippen molar-refractivity contribution in [1.82, 2.24) is 0 Å². The van der Waals surface area contributed by atoms with Crippen molar-refractivity contribution in [3.8, 4) is 11.5 Å². The molecule has 0 radical (unpaired) electrons. The number of Topliss-reactive ketones (excluding diaryl/α,β-unsaturated/α-hetero) is 1. The van der Waals surface area contributed by atoms with E-state index in [2.05, 4.69) is 0 Å². The summed E-state index contributed by atoms with van der Waals surface area (Å²) in [7, 11) is 1.56. The number of carbonyl (C=O) groups excluding carboxylic acids is 1. The molecule has 4 heteroatoms. The first-order chi connectivity index (χ1) is 9.69. The lowest BCUT2D eigenvalue weighted by molar-refractivity contribution is 0.104. The van der Waals surface area contributed by atoms with Crippen LogP contribution in [0.4, 0.5) is 0 Å². The molecule has 0 atom stereocenters. The van der Waals surface area contributed by atoms with E-state index in [9.17, 15) is 9.90 Å². The van der Waals surface area contributed by atoms with Gasteiger partial charge < -0.3 is 9.84 Å². The van der Waals surface area contributed by atoms with Crippen LogP contribution in [0.2, 0.25) is 0 Å². The molecule has 1 N–H and O–H groups in total. The zero-order chi connectivity index (χ0) is 14.1. The highest BCUT2D eigenvalue weighted by atomic mass is 32.2. The molecule has 3 nitrogen and oxygen atoms in total.